The molecule has 2 rings (SSSR count). The Morgan fingerprint density at radius 2 is 2.15 bits per heavy atom. The molecule has 3 heteroatoms. The van der Waals surface area contributed by atoms with Gasteiger partial charge in [-0.05, 0) is 11.6 Å². The molecule has 68 valence electrons. The van der Waals surface area contributed by atoms with E-state index < -0.39 is 0 Å². The molecule has 1 aromatic heterocycles. The number of nitrogens with zero attached hydrogens (tertiary/aromatic N) is 1. The van der Waals surface area contributed by atoms with E-state index in [1.54, 1.807) is 0 Å². The molecule has 0 atom stereocenters. The average molecular weight is 195 g/mol. The topological polar surface area (TPSA) is 30.9 Å². The predicted molar refractivity (Wildman–Crippen MR) is 55.8 cm³/mol. The molecular weight excluding hydrogens is 184 g/mol. The summed E-state index contributed by atoms with van der Waals surface area (Å²) in [7, 11) is 1.98. The zero-order valence-electron chi connectivity index (χ0n) is 7.42. The number of rotatable bonds is 1. The average Bonchev–Trinajstić information content (AvgIpc) is 2.49. The SMILES string of the molecule is Cn1ccc2ccc(CN)c(Cl)c21. The van der Waals surface area contributed by atoms with E-state index in [2.05, 4.69) is 0 Å². The Hall–Kier alpha value is -0.990. The first-order valence-corrected chi connectivity index (χ1v) is 4.54. The predicted octanol–water partition coefficient (Wildman–Crippen LogP) is 2.29. The van der Waals surface area contributed by atoms with Gasteiger partial charge in [-0.3, -0.25) is 0 Å². The highest BCUT2D eigenvalue weighted by Crippen LogP contribution is 2.27. The molecule has 0 radical (unpaired) electrons. The number of nitrogens with two attached hydrogens (primary N) is 1. The number of aromatic nitrogens is 1. The smallest absolute Gasteiger partial charge is 0.0693 e. The van der Waals surface area contributed by atoms with Crippen LogP contribution in [0.4, 0.5) is 0 Å². The van der Waals surface area contributed by atoms with Gasteiger partial charge in [0.2, 0.25) is 0 Å². The maximum atomic E-state index is 6.19. The Morgan fingerprint density at radius 3 is 2.85 bits per heavy atom. The van der Waals surface area contributed by atoms with Gasteiger partial charge in [0.1, 0.15) is 0 Å². The second-order valence-electron chi connectivity index (χ2n) is 3.11. The summed E-state index contributed by atoms with van der Waals surface area (Å²) in [6.45, 7) is 0.486. The van der Waals surface area contributed by atoms with E-state index in [1.165, 1.54) is 0 Å². The van der Waals surface area contributed by atoms with E-state index in [9.17, 15) is 0 Å². The number of hydrogen-bond acceptors (Lipinski definition) is 1. The van der Waals surface area contributed by atoms with Crippen LogP contribution in [0.15, 0.2) is 24.4 Å². The van der Waals surface area contributed by atoms with Gasteiger partial charge in [0.15, 0.2) is 0 Å². The fourth-order valence-corrected chi connectivity index (χ4v) is 1.92. The van der Waals surface area contributed by atoms with E-state index >= 15 is 0 Å². The summed E-state index contributed by atoms with van der Waals surface area (Å²) >= 11 is 6.19. The standard InChI is InChI=1S/C10H11ClN2/c1-13-5-4-7-2-3-8(6-12)9(11)10(7)13/h2-5H,6,12H2,1H3. The Bertz CT molecular complexity index is 445. The summed E-state index contributed by atoms with van der Waals surface area (Å²) in [4.78, 5) is 0. The number of benzene rings is 1. The molecule has 1 heterocycles. The maximum Gasteiger partial charge on any atom is 0.0693 e. The minimum absolute atomic E-state index is 0.486. The minimum Gasteiger partial charge on any atom is -0.349 e. The second-order valence-corrected chi connectivity index (χ2v) is 3.49. The zero-order chi connectivity index (χ0) is 9.42. The third kappa shape index (κ3) is 1.23. The summed E-state index contributed by atoms with van der Waals surface area (Å²) in [5.41, 5.74) is 7.62. The van der Waals surface area contributed by atoms with Crippen LogP contribution >= 0.6 is 11.6 Å². The van der Waals surface area contributed by atoms with Crippen LogP contribution in [0.1, 0.15) is 5.56 Å². The summed E-state index contributed by atoms with van der Waals surface area (Å²) in [5, 5.41) is 1.93. The van der Waals surface area contributed by atoms with E-state index in [0.29, 0.717) is 6.54 Å². The molecule has 0 aliphatic heterocycles. The van der Waals surface area contributed by atoms with Crippen LogP contribution < -0.4 is 5.73 Å². The molecule has 0 saturated carbocycles. The van der Waals surface area contributed by atoms with Crippen molar-refractivity contribution in [2.24, 2.45) is 12.8 Å². The summed E-state index contributed by atoms with van der Waals surface area (Å²) in [6, 6.07) is 6.07. The van der Waals surface area contributed by atoms with Crippen molar-refractivity contribution in [1.82, 2.24) is 4.57 Å². The highest BCUT2D eigenvalue weighted by Gasteiger charge is 2.06. The van der Waals surface area contributed by atoms with Crippen LogP contribution in [-0.4, -0.2) is 4.57 Å². The van der Waals surface area contributed by atoms with E-state index in [1.807, 2.05) is 36.0 Å². The maximum absolute atomic E-state index is 6.19. The second kappa shape index (κ2) is 3.05. The van der Waals surface area contributed by atoms with Crippen LogP contribution in [-0.2, 0) is 13.6 Å². The van der Waals surface area contributed by atoms with Crippen LogP contribution in [0.25, 0.3) is 10.9 Å². The summed E-state index contributed by atoms with van der Waals surface area (Å²) in [5.74, 6) is 0. The molecule has 0 saturated heterocycles. The lowest BCUT2D eigenvalue weighted by Crippen LogP contribution is -1.98. The zero-order valence-corrected chi connectivity index (χ0v) is 8.17. The highest BCUT2D eigenvalue weighted by molar-refractivity contribution is 6.36. The largest absolute Gasteiger partial charge is 0.349 e. The molecule has 1 aromatic carbocycles. The highest BCUT2D eigenvalue weighted by atomic mass is 35.5. The molecule has 0 unspecified atom stereocenters. The first-order chi connectivity index (χ1) is 6.24. The molecule has 0 bridgehead atoms. The molecule has 0 spiro atoms. The molecule has 0 amide bonds. The molecule has 0 aliphatic rings. The molecule has 2 N–H and O–H groups in total. The Morgan fingerprint density at radius 1 is 1.38 bits per heavy atom. The van der Waals surface area contributed by atoms with Crippen LogP contribution in [0.5, 0.6) is 0 Å². The van der Waals surface area contributed by atoms with Crippen molar-refractivity contribution in [3.8, 4) is 0 Å². The van der Waals surface area contributed by atoms with Gasteiger partial charge < -0.3 is 10.3 Å². The fourth-order valence-electron chi connectivity index (χ4n) is 1.54. The van der Waals surface area contributed by atoms with Gasteiger partial charge in [0.25, 0.3) is 0 Å². The van der Waals surface area contributed by atoms with Crippen molar-refractivity contribution in [3.05, 3.63) is 35.0 Å². The van der Waals surface area contributed by atoms with Crippen molar-refractivity contribution in [3.63, 3.8) is 0 Å². The Balaban J connectivity index is 2.83. The Kier molecular flexibility index (Phi) is 2.02. The third-order valence-electron chi connectivity index (χ3n) is 2.28. The number of hydrogen-bond donors (Lipinski definition) is 1. The lowest BCUT2D eigenvalue weighted by Gasteiger charge is -2.04. The lowest BCUT2D eigenvalue weighted by atomic mass is 10.1. The van der Waals surface area contributed by atoms with Crippen molar-refractivity contribution in [2.45, 2.75) is 6.54 Å². The van der Waals surface area contributed by atoms with Gasteiger partial charge >= 0.3 is 0 Å². The Labute approximate surface area is 81.9 Å². The monoisotopic (exact) mass is 194 g/mol. The van der Waals surface area contributed by atoms with Gasteiger partial charge in [-0.2, -0.15) is 0 Å². The van der Waals surface area contributed by atoms with Crippen molar-refractivity contribution in [2.75, 3.05) is 0 Å². The number of aryl methyl sites for hydroxylation is 1. The first kappa shape index (κ1) is 8.60. The molecule has 13 heavy (non-hydrogen) atoms. The van der Waals surface area contributed by atoms with Gasteiger partial charge in [0, 0.05) is 25.2 Å². The van der Waals surface area contributed by atoms with E-state index in [-0.39, 0.29) is 0 Å². The fraction of sp³-hybridized carbons (Fsp3) is 0.200. The molecule has 2 nitrogen and oxygen atoms in total. The molecule has 2 aromatic rings. The first-order valence-electron chi connectivity index (χ1n) is 4.16. The van der Waals surface area contributed by atoms with Gasteiger partial charge in [-0.25, -0.2) is 0 Å². The third-order valence-corrected chi connectivity index (χ3v) is 2.70. The number of fused-ring (bicyclic) bond motifs is 1. The van der Waals surface area contributed by atoms with Gasteiger partial charge in [0.05, 0.1) is 10.5 Å². The van der Waals surface area contributed by atoms with Crippen LogP contribution in [0.3, 0.4) is 0 Å². The lowest BCUT2D eigenvalue weighted by molar-refractivity contribution is 0.965. The van der Waals surface area contributed by atoms with Crippen LogP contribution in [0, 0.1) is 0 Å². The van der Waals surface area contributed by atoms with Crippen molar-refractivity contribution < 1.29 is 0 Å². The summed E-state index contributed by atoms with van der Waals surface area (Å²) in [6.07, 6.45) is 2.00. The number of halogens is 1. The van der Waals surface area contributed by atoms with Crippen molar-refractivity contribution >= 4 is 22.5 Å². The van der Waals surface area contributed by atoms with Crippen LogP contribution in [0.2, 0.25) is 5.02 Å². The summed E-state index contributed by atoms with van der Waals surface area (Å²) < 4.78 is 2.01. The minimum atomic E-state index is 0.486. The van der Waals surface area contributed by atoms with Gasteiger partial charge in [-0.15, -0.1) is 0 Å². The van der Waals surface area contributed by atoms with Crippen molar-refractivity contribution in [1.29, 1.82) is 0 Å². The van der Waals surface area contributed by atoms with E-state index in [0.717, 1.165) is 21.5 Å². The molecular formula is C10H11ClN2. The molecule has 0 aliphatic carbocycles. The molecule has 0 fully saturated rings. The van der Waals surface area contributed by atoms with Gasteiger partial charge in [-0.1, -0.05) is 23.7 Å². The normalized spacial score (nSPS) is 11.0. The van der Waals surface area contributed by atoms with E-state index in [4.69, 9.17) is 17.3 Å². The quantitative estimate of drug-likeness (QED) is 0.742.